The fraction of sp³-hybridized carbons (Fsp3) is 0.478. The molecule has 9 nitrogen and oxygen atoms in total. The fourth-order valence-corrected chi connectivity index (χ4v) is 4.72. The molecule has 2 aromatic heterocycles. The van der Waals surface area contributed by atoms with Crippen molar-refractivity contribution in [2.75, 3.05) is 31.0 Å². The van der Waals surface area contributed by atoms with Gasteiger partial charge in [0.25, 0.3) is 0 Å². The van der Waals surface area contributed by atoms with Gasteiger partial charge in [0.1, 0.15) is 5.69 Å². The molecule has 1 aromatic carbocycles. The Bertz CT molecular complexity index is 1050. The standard InChI is InChI=1S/C23H31N9/c1-4-6-17(13-16-9-12-30(16)2)31(3)23-24-15-20(27-29-23)18-7-8-21(32-11-5-10-26-32)22-19(18)14-25-28-22/h5,7-8,10-11,15-17,25,28H,4,6,9,12-14H2,1-3H3. The Balaban J connectivity index is 1.38. The number of hydrazine groups is 1. The van der Waals surface area contributed by atoms with Gasteiger partial charge in [-0.25, -0.2) is 15.1 Å². The Hall–Kier alpha value is -3.04. The molecule has 2 aliphatic heterocycles. The Morgan fingerprint density at radius 3 is 2.84 bits per heavy atom. The van der Waals surface area contributed by atoms with Gasteiger partial charge in [0.2, 0.25) is 5.95 Å². The highest BCUT2D eigenvalue weighted by Crippen LogP contribution is 2.35. The smallest absolute Gasteiger partial charge is 0.245 e. The van der Waals surface area contributed by atoms with Crippen molar-refractivity contribution in [3.63, 3.8) is 0 Å². The molecule has 0 amide bonds. The molecule has 2 aliphatic rings. The maximum atomic E-state index is 4.71. The number of rotatable bonds is 8. The van der Waals surface area contributed by atoms with Crippen molar-refractivity contribution in [1.82, 2.24) is 35.3 Å². The summed E-state index contributed by atoms with van der Waals surface area (Å²) in [5.74, 6) is 0.690. The second-order valence-corrected chi connectivity index (χ2v) is 8.77. The van der Waals surface area contributed by atoms with Crippen LogP contribution < -0.4 is 15.8 Å². The van der Waals surface area contributed by atoms with Gasteiger partial charge in [-0.3, -0.25) is 0 Å². The molecular formula is C23H31N9. The summed E-state index contributed by atoms with van der Waals surface area (Å²) in [7, 11) is 4.31. The van der Waals surface area contributed by atoms with E-state index < -0.39 is 0 Å². The van der Waals surface area contributed by atoms with Gasteiger partial charge in [-0.05, 0) is 45.0 Å². The lowest BCUT2D eigenvalue weighted by molar-refractivity contribution is 0.110. The molecule has 0 saturated carbocycles. The molecule has 2 unspecified atom stereocenters. The number of fused-ring (bicyclic) bond motifs is 1. The maximum Gasteiger partial charge on any atom is 0.245 e. The Kier molecular flexibility index (Phi) is 5.75. The molecule has 4 heterocycles. The van der Waals surface area contributed by atoms with Gasteiger partial charge < -0.3 is 15.2 Å². The molecule has 1 saturated heterocycles. The summed E-state index contributed by atoms with van der Waals surface area (Å²) in [5, 5.41) is 13.5. The van der Waals surface area contributed by atoms with Crippen LogP contribution in [0.5, 0.6) is 0 Å². The molecule has 2 atom stereocenters. The Labute approximate surface area is 188 Å². The van der Waals surface area contributed by atoms with Crippen molar-refractivity contribution >= 4 is 11.6 Å². The largest absolute Gasteiger partial charge is 0.340 e. The van der Waals surface area contributed by atoms with E-state index in [1.165, 1.54) is 13.0 Å². The lowest BCUT2D eigenvalue weighted by Gasteiger charge is -2.41. The minimum absolute atomic E-state index is 0.423. The summed E-state index contributed by atoms with van der Waals surface area (Å²) in [5.41, 5.74) is 11.5. The maximum absolute atomic E-state index is 4.71. The second kappa shape index (κ2) is 8.84. The zero-order valence-corrected chi connectivity index (χ0v) is 19.0. The summed E-state index contributed by atoms with van der Waals surface area (Å²) in [6.45, 7) is 4.15. The first-order valence-corrected chi connectivity index (χ1v) is 11.4. The molecule has 3 aromatic rings. The van der Waals surface area contributed by atoms with Crippen LogP contribution in [0.25, 0.3) is 16.9 Å². The van der Waals surface area contributed by atoms with Crippen LogP contribution in [0.4, 0.5) is 11.6 Å². The molecule has 32 heavy (non-hydrogen) atoms. The first kappa shape index (κ1) is 20.8. The number of likely N-dealkylation sites (tertiary alicyclic amines) is 1. The van der Waals surface area contributed by atoms with Gasteiger partial charge in [0.15, 0.2) is 0 Å². The predicted octanol–water partition coefficient (Wildman–Crippen LogP) is 2.85. The van der Waals surface area contributed by atoms with E-state index in [0.29, 0.717) is 24.6 Å². The third-order valence-electron chi connectivity index (χ3n) is 6.81. The zero-order valence-electron chi connectivity index (χ0n) is 19.0. The molecule has 9 heteroatoms. The molecule has 2 N–H and O–H groups in total. The van der Waals surface area contributed by atoms with Gasteiger partial charge >= 0.3 is 0 Å². The van der Waals surface area contributed by atoms with Gasteiger partial charge in [0.05, 0.1) is 17.6 Å². The van der Waals surface area contributed by atoms with Crippen molar-refractivity contribution in [2.24, 2.45) is 0 Å². The molecule has 0 spiro atoms. The van der Waals surface area contributed by atoms with Gasteiger partial charge in [-0.2, -0.15) is 5.10 Å². The SMILES string of the molecule is CCCC(CC1CCN1C)N(C)c1ncc(-c2ccc(-n3cccn3)c3c2CNN3)nn1. The summed E-state index contributed by atoms with van der Waals surface area (Å²) >= 11 is 0. The zero-order chi connectivity index (χ0) is 22.1. The van der Waals surface area contributed by atoms with Crippen molar-refractivity contribution in [3.8, 4) is 16.9 Å². The number of nitrogens with one attached hydrogen (secondary N) is 2. The third kappa shape index (κ3) is 3.82. The number of hydrogen-bond donors (Lipinski definition) is 2. The average Bonchev–Trinajstić information content (AvgIpc) is 3.52. The molecular weight excluding hydrogens is 402 g/mol. The van der Waals surface area contributed by atoms with Crippen LogP contribution in [0.1, 0.15) is 38.2 Å². The number of anilines is 2. The first-order valence-electron chi connectivity index (χ1n) is 11.4. The number of aromatic nitrogens is 5. The number of nitrogens with zero attached hydrogens (tertiary/aromatic N) is 7. The quantitative estimate of drug-likeness (QED) is 0.561. The number of benzene rings is 1. The van der Waals surface area contributed by atoms with Crippen LogP contribution in [0.2, 0.25) is 0 Å². The molecule has 0 aliphatic carbocycles. The van der Waals surface area contributed by atoms with Crippen LogP contribution in [0.3, 0.4) is 0 Å². The average molecular weight is 434 g/mol. The number of hydrogen-bond acceptors (Lipinski definition) is 8. The van der Waals surface area contributed by atoms with Gasteiger partial charge in [-0.15, -0.1) is 10.2 Å². The van der Waals surface area contributed by atoms with Gasteiger partial charge in [-0.1, -0.05) is 19.4 Å². The lowest BCUT2D eigenvalue weighted by Crippen LogP contribution is -2.49. The molecule has 168 valence electrons. The van der Waals surface area contributed by atoms with E-state index in [2.05, 4.69) is 69.1 Å². The monoisotopic (exact) mass is 433 g/mol. The van der Waals surface area contributed by atoms with E-state index in [0.717, 1.165) is 47.5 Å². The van der Waals surface area contributed by atoms with Crippen molar-refractivity contribution in [2.45, 2.75) is 51.2 Å². The molecule has 1 fully saturated rings. The van der Waals surface area contributed by atoms with Crippen LogP contribution in [0, 0.1) is 0 Å². The van der Waals surface area contributed by atoms with Gasteiger partial charge in [0, 0.05) is 49.2 Å². The lowest BCUT2D eigenvalue weighted by atomic mass is 9.93. The fourth-order valence-electron chi connectivity index (χ4n) is 4.72. The highest BCUT2D eigenvalue weighted by atomic mass is 15.4. The van der Waals surface area contributed by atoms with E-state index in [4.69, 9.17) is 4.98 Å². The molecule has 5 rings (SSSR count). The Morgan fingerprint density at radius 2 is 2.19 bits per heavy atom. The molecule has 0 radical (unpaired) electrons. The van der Waals surface area contributed by atoms with Crippen LogP contribution in [-0.2, 0) is 6.54 Å². The van der Waals surface area contributed by atoms with Crippen LogP contribution in [-0.4, -0.2) is 62.6 Å². The Morgan fingerprint density at radius 1 is 1.28 bits per heavy atom. The summed E-state index contributed by atoms with van der Waals surface area (Å²) in [4.78, 5) is 9.35. The predicted molar refractivity (Wildman–Crippen MR) is 126 cm³/mol. The van der Waals surface area contributed by atoms with Crippen molar-refractivity contribution < 1.29 is 0 Å². The minimum Gasteiger partial charge on any atom is -0.340 e. The summed E-state index contributed by atoms with van der Waals surface area (Å²) < 4.78 is 1.86. The van der Waals surface area contributed by atoms with Crippen molar-refractivity contribution in [3.05, 3.63) is 42.4 Å². The van der Waals surface area contributed by atoms with E-state index in [9.17, 15) is 0 Å². The van der Waals surface area contributed by atoms with E-state index in [-0.39, 0.29) is 0 Å². The van der Waals surface area contributed by atoms with Crippen molar-refractivity contribution in [1.29, 1.82) is 0 Å². The summed E-state index contributed by atoms with van der Waals surface area (Å²) in [6, 6.07) is 7.13. The minimum atomic E-state index is 0.423. The first-order chi connectivity index (χ1) is 15.7. The molecule has 0 bridgehead atoms. The second-order valence-electron chi connectivity index (χ2n) is 8.77. The van der Waals surface area contributed by atoms with Crippen LogP contribution >= 0.6 is 0 Å². The van der Waals surface area contributed by atoms with E-state index in [1.807, 2.05) is 23.1 Å². The summed E-state index contributed by atoms with van der Waals surface area (Å²) in [6.07, 6.45) is 10.3. The van der Waals surface area contributed by atoms with E-state index in [1.54, 1.807) is 6.20 Å². The highest BCUT2D eigenvalue weighted by molar-refractivity contribution is 5.79. The van der Waals surface area contributed by atoms with E-state index >= 15 is 0 Å². The third-order valence-corrected chi connectivity index (χ3v) is 6.81. The topological polar surface area (TPSA) is 87.0 Å². The normalized spacial score (nSPS) is 18.7. The van der Waals surface area contributed by atoms with Crippen LogP contribution in [0.15, 0.2) is 36.8 Å². The highest BCUT2D eigenvalue weighted by Gasteiger charge is 2.29.